The van der Waals surface area contributed by atoms with Crippen LogP contribution in [-0.4, -0.2) is 23.8 Å². The van der Waals surface area contributed by atoms with E-state index in [1.165, 1.54) is 19.3 Å². The third-order valence-corrected chi connectivity index (χ3v) is 3.71. The summed E-state index contributed by atoms with van der Waals surface area (Å²) in [5.41, 5.74) is 0. The Bertz CT molecular complexity index is 215. The number of nitrogens with one attached hydrogen (secondary N) is 1. The molecular weight excluding hydrogens is 198 g/mol. The molecule has 0 aromatic heterocycles. The van der Waals surface area contributed by atoms with Gasteiger partial charge in [-0.15, -0.1) is 0 Å². The lowest BCUT2D eigenvalue weighted by Crippen LogP contribution is -2.40. The van der Waals surface area contributed by atoms with Crippen LogP contribution in [0.2, 0.25) is 0 Å². The molecule has 0 spiro atoms. The first kappa shape index (κ1) is 13.7. The van der Waals surface area contributed by atoms with Crippen LogP contribution in [0.25, 0.3) is 0 Å². The van der Waals surface area contributed by atoms with Crippen molar-refractivity contribution in [2.45, 2.75) is 58.5 Å². The molecule has 0 radical (unpaired) electrons. The predicted octanol–water partition coefficient (Wildman–Crippen LogP) is 2.73. The predicted molar refractivity (Wildman–Crippen MR) is 69.4 cm³/mol. The van der Waals surface area contributed by atoms with E-state index in [1.807, 2.05) is 0 Å². The second-order valence-corrected chi connectivity index (χ2v) is 5.12. The van der Waals surface area contributed by atoms with Gasteiger partial charge in [0, 0.05) is 24.6 Å². The van der Waals surface area contributed by atoms with Crippen LogP contribution in [0.5, 0.6) is 0 Å². The van der Waals surface area contributed by atoms with E-state index >= 15 is 0 Å². The quantitative estimate of drug-likeness (QED) is 0.653. The lowest BCUT2D eigenvalue weighted by Gasteiger charge is -2.27. The van der Waals surface area contributed by atoms with Crippen molar-refractivity contribution in [1.29, 1.82) is 0 Å². The van der Waals surface area contributed by atoms with Gasteiger partial charge in [0.15, 0.2) is 0 Å². The van der Waals surface area contributed by atoms with Gasteiger partial charge in [0.05, 0.1) is 0 Å². The van der Waals surface area contributed by atoms with E-state index in [1.54, 1.807) is 0 Å². The molecule has 0 heterocycles. The average Bonchev–Trinajstić information content (AvgIpc) is 2.73. The molecule has 0 aliphatic heterocycles. The van der Waals surface area contributed by atoms with Crippen LogP contribution in [0.3, 0.4) is 0 Å². The number of hydrogen-bond donors (Lipinski definition) is 2. The molecule has 0 fully saturated rings. The van der Waals surface area contributed by atoms with Crippen molar-refractivity contribution in [3.8, 4) is 0 Å². The second kappa shape index (κ2) is 7.08. The summed E-state index contributed by atoms with van der Waals surface area (Å²) in [6, 6.07) is 1.09. The molecule has 0 saturated carbocycles. The highest BCUT2D eigenvalue weighted by Gasteiger charge is 2.22. The third kappa shape index (κ3) is 3.91. The first-order chi connectivity index (χ1) is 7.71. The Morgan fingerprint density at radius 2 is 2.12 bits per heavy atom. The Balaban J connectivity index is 2.36. The Morgan fingerprint density at radius 3 is 2.62 bits per heavy atom. The number of hydrogen-bond acceptors (Lipinski definition) is 2. The first-order valence-electron chi connectivity index (χ1n) is 6.76. The average molecular weight is 225 g/mol. The van der Waals surface area contributed by atoms with Gasteiger partial charge in [-0.2, -0.15) is 0 Å². The molecule has 0 amide bonds. The fraction of sp³-hybridized carbons (Fsp3) is 0.857. The van der Waals surface area contributed by atoms with Crippen molar-refractivity contribution >= 4 is 0 Å². The summed E-state index contributed by atoms with van der Waals surface area (Å²) >= 11 is 0. The van der Waals surface area contributed by atoms with E-state index in [9.17, 15) is 0 Å². The molecule has 2 nitrogen and oxygen atoms in total. The molecular formula is C14H27NO. The van der Waals surface area contributed by atoms with Crippen LogP contribution in [0, 0.1) is 11.8 Å². The van der Waals surface area contributed by atoms with Crippen molar-refractivity contribution in [1.82, 2.24) is 5.32 Å². The topological polar surface area (TPSA) is 32.3 Å². The van der Waals surface area contributed by atoms with Gasteiger partial charge < -0.3 is 10.4 Å². The maximum absolute atomic E-state index is 9.09. The Labute approximate surface area is 100 Å². The maximum atomic E-state index is 9.09. The summed E-state index contributed by atoms with van der Waals surface area (Å²) in [6.45, 7) is 7.13. The highest BCUT2D eigenvalue weighted by molar-refractivity contribution is 5.06. The maximum Gasteiger partial charge on any atom is 0.0494 e. The van der Waals surface area contributed by atoms with Crippen molar-refractivity contribution in [3.63, 3.8) is 0 Å². The van der Waals surface area contributed by atoms with Crippen LogP contribution in [-0.2, 0) is 0 Å². The Hall–Kier alpha value is -0.340. The molecule has 0 aromatic rings. The number of aliphatic hydroxyl groups excluding tert-OH is 1. The van der Waals surface area contributed by atoms with Crippen LogP contribution < -0.4 is 5.32 Å². The second-order valence-electron chi connectivity index (χ2n) is 5.12. The van der Waals surface area contributed by atoms with Gasteiger partial charge >= 0.3 is 0 Å². The van der Waals surface area contributed by atoms with Gasteiger partial charge in [-0.3, -0.25) is 0 Å². The van der Waals surface area contributed by atoms with Crippen molar-refractivity contribution in [2.24, 2.45) is 11.8 Å². The molecule has 1 aliphatic carbocycles. The van der Waals surface area contributed by atoms with Crippen molar-refractivity contribution < 1.29 is 5.11 Å². The lowest BCUT2D eigenvalue weighted by molar-refractivity contribution is 0.240. The largest absolute Gasteiger partial charge is 0.396 e. The van der Waals surface area contributed by atoms with Gasteiger partial charge in [-0.25, -0.2) is 0 Å². The SMILES string of the molecule is CCCC(C)C(CC)N[C@@H]1C=C[C@H](CO)C1. The minimum Gasteiger partial charge on any atom is -0.396 e. The van der Waals surface area contributed by atoms with E-state index < -0.39 is 0 Å². The molecule has 2 N–H and O–H groups in total. The first-order valence-corrected chi connectivity index (χ1v) is 6.76. The van der Waals surface area contributed by atoms with E-state index in [4.69, 9.17) is 5.11 Å². The van der Waals surface area contributed by atoms with Crippen LogP contribution >= 0.6 is 0 Å². The summed E-state index contributed by atoms with van der Waals surface area (Å²) < 4.78 is 0. The molecule has 0 bridgehead atoms. The fourth-order valence-corrected chi connectivity index (χ4v) is 2.65. The number of rotatable bonds is 7. The lowest BCUT2D eigenvalue weighted by atomic mass is 9.94. The minimum atomic E-state index is 0.288. The fourth-order valence-electron chi connectivity index (χ4n) is 2.65. The number of aliphatic hydroxyl groups is 1. The molecule has 0 aromatic carbocycles. The molecule has 2 unspecified atom stereocenters. The summed E-state index contributed by atoms with van der Waals surface area (Å²) in [6.07, 6.45) is 9.18. The standard InChI is InChI=1S/C14H27NO/c1-4-6-11(3)14(5-2)15-13-8-7-12(9-13)10-16/h7-8,11-16H,4-6,9-10H2,1-3H3/t11?,12-,13+,14?/m0/s1. The summed E-state index contributed by atoms with van der Waals surface area (Å²) in [4.78, 5) is 0. The van der Waals surface area contributed by atoms with Crippen LogP contribution in [0.15, 0.2) is 12.2 Å². The molecule has 0 saturated heterocycles. The Morgan fingerprint density at radius 1 is 1.38 bits per heavy atom. The van der Waals surface area contributed by atoms with Crippen LogP contribution in [0.4, 0.5) is 0 Å². The smallest absolute Gasteiger partial charge is 0.0494 e. The molecule has 1 rings (SSSR count). The van der Waals surface area contributed by atoms with Crippen LogP contribution in [0.1, 0.15) is 46.5 Å². The monoisotopic (exact) mass is 225 g/mol. The van der Waals surface area contributed by atoms with Crippen molar-refractivity contribution in [3.05, 3.63) is 12.2 Å². The van der Waals surface area contributed by atoms with Gasteiger partial charge in [0.25, 0.3) is 0 Å². The normalized spacial score (nSPS) is 28.2. The molecule has 4 atom stereocenters. The zero-order valence-electron chi connectivity index (χ0n) is 10.9. The summed E-state index contributed by atoms with van der Waals surface area (Å²) in [5.74, 6) is 1.12. The van der Waals surface area contributed by atoms with Gasteiger partial charge in [0.1, 0.15) is 0 Å². The Kier molecular flexibility index (Phi) is 6.07. The van der Waals surface area contributed by atoms with Crippen molar-refractivity contribution in [2.75, 3.05) is 6.61 Å². The zero-order chi connectivity index (χ0) is 12.0. The van der Waals surface area contributed by atoms with E-state index in [0.29, 0.717) is 18.0 Å². The summed E-state index contributed by atoms with van der Waals surface area (Å²) in [5, 5.41) is 12.8. The van der Waals surface area contributed by atoms with Gasteiger partial charge in [-0.05, 0) is 25.2 Å². The molecule has 2 heteroatoms. The molecule has 1 aliphatic rings. The minimum absolute atomic E-state index is 0.288. The molecule has 94 valence electrons. The highest BCUT2D eigenvalue weighted by atomic mass is 16.3. The third-order valence-electron chi connectivity index (χ3n) is 3.71. The van der Waals surface area contributed by atoms with Gasteiger partial charge in [0.2, 0.25) is 0 Å². The van der Waals surface area contributed by atoms with E-state index in [0.717, 1.165) is 12.3 Å². The highest BCUT2D eigenvalue weighted by Crippen LogP contribution is 2.20. The van der Waals surface area contributed by atoms with E-state index in [2.05, 4.69) is 38.2 Å². The molecule has 16 heavy (non-hydrogen) atoms. The van der Waals surface area contributed by atoms with E-state index in [-0.39, 0.29) is 6.61 Å². The summed E-state index contributed by atoms with van der Waals surface area (Å²) in [7, 11) is 0. The zero-order valence-corrected chi connectivity index (χ0v) is 10.9. The van der Waals surface area contributed by atoms with Gasteiger partial charge in [-0.1, -0.05) is 39.3 Å².